The molecule has 2 aromatic rings. The fraction of sp³-hybridized carbons (Fsp3) is 0.438. The molecule has 1 aliphatic rings. The number of aromatic nitrogens is 2. The van der Waals surface area contributed by atoms with E-state index in [-0.39, 0.29) is 12.1 Å². The van der Waals surface area contributed by atoms with Gasteiger partial charge in [0.25, 0.3) is 0 Å². The smallest absolute Gasteiger partial charge is 0.317 e. The Morgan fingerprint density at radius 2 is 2.09 bits per heavy atom. The van der Waals surface area contributed by atoms with Gasteiger partial charge in [0.15, 0.2) is 0 Å². The van der Waals surface area contributed by atoms with Gasteiger partial charge in [0.05, 0.1) is 12.8 Å². The van der Waals surface area contributed by atoms with Crippen molar-refractivity contribution < 1.29 is 9.21 Å². The van der Waals surface area contributed by atoms with Crippen LogP contribution in [0.25, 0.3) is 0 Å². The summed E-state index contributed by atoms with van der Waals surface area (Å²) in [5, 5.41) is 3.08. The first kappa shape index (κ1) is 15.3. The standard InChI is InChI=1S/C16H21N5O2/c1-20(12-14-4-2-11-23-14)16(22)19-13-5-9-21(10-6-13)15-17-7-3-8-18-15/h2-4,7-8,11,13H,5-6,9-10,12H2,1H3,(H,19,22). The number of nitrogens with one attached hydrogen (secondary N) is 1. The lowest BCUT2D eigenvalue weighted by molar-refractivity contribution is 0.196. The van der Waals surface area contributed by atoms with E-state index in [0.717, 1.165) is 37.6 Å². The lowest BCUT2D eigenvalue weighted by Gasteiger charge is -2.33. The summed E-state index contributed by atoms with van der Waals surface area (Å²) in [7, 11) is 1.77. The maximum Gasteiger partial charge on any atom is 0.317 e. The predicted octanol–water partition coefficient (Wildman–Crippen LogP) is 1.88. The highest BCUT2D eigenvalue weighted by Gasteiger charge is 2.23. The molecule has 23 heavy (non-hydrogen) atoms. The Morgan fingerprint density at radius 3 is 2.74 bits per heavy atom. The first-order chi connectivity index (χ1) is 11.2. The molecular formula is C16H21N5O2. The van der Waals surface area contributed by atoms with Gasteiger partial charge in [-0.1, -0.05) is 0 Å². The molecule has 3 heterocycles. The highest BCUT2D eigenvalue weighted by atomic mass is 16.3. The second-order valence-corrected chi connectivity index (χ2v) is 5.70. The maximum atomic E-state index is 12.2. The van der Waals surface area contributed by atoms with E-state index < -0.39 is 0 Å². The van der Waals surface area contributed by atoms with Gasteiger partial charge < -0.3 is 19.5 Å². The fourth-order valence-corrected chi connectivity index (χ4v) is 2.67. The summed E-state index contributed by atoms with van der Waals surface area (Å²) in [6.45, 7) is 2.16. The van der Waals surface area contributed by atoms with Crippen molar-refractivity contribution in [3.63, 3.8) is 0 Å². The van der Waals surface area contributed by atoms with Gasteiger partial charge in [0.2, 0.25) is 5.95 Å². The minimum atomic E-state index is -0.0733. The number of rotatable bonds is 4. The van der Waals surface area contributed by atoms with Gasteiger partial charge in [-0.05, 0) is 31.0 Å². The van der Waals surface area contributed by atoms with Crippen molar-refractivity contribution in [2.45, 2.75) is 25.4 Å². The Morgan fingerprint density at radius 1 is 1.35 bits per heavy atom. The van der Waals surface area contributed by atoms with Gasteiger partial charge in [-0.25, -0.2) is 14.8 Å². The lowest BCUT2D eigenvalue weighted by atomic mass is 10.1. The van der Waals surface area contributed by atoms with Crippen molar-refractivity contribution in [3.05, 3.63) is 42.6 Å². The molecule has 0 bridgehead atoms. The van der Waals surface area contributed by atoms with Crippen LogP contribution in [0.4, 0.5) is 10.7 Å². The summed E-state index contributed by atoms with van der Waals surface area (Å²) >= 11 is 0. The summed E-state index contributed by atoms with van der Waals surface area (Å²) in [6, 6.07) is 5.60. The van der Waals surface area contributed by atoms with Crippen LogP contribution in [0.3, 0.4) is 0 Å². The molecule has 0 atom stereocenters. The molecule has 0 aliphatic carbocycles. The number of piperidine rings is 1. The number of furan rings is 1. The quantitative estimate of drug-likeness (QED) is 0.932. The normalized spacial score (nSPS) is 15.4. The van der Waals surface area contributed by atoms with Crippen LogP contribution in [0.1, 0.15) is 18.6 Å². The number of nitrogens with zero attached hydrogens (tertiary/aromatic N) is 4. The van der Waals surface area contributed by atoms with Gasteiger partial charge in [-0.3, -0.25) is 0 Å². The number of carbonyl (C=O) groups excluding carboxylic acids is 1. The number of hydrogen-bond donors (Lipinski definition) is 1. The molecule has 3 rings (SSSR count). The molecule has 0 aromatic carbocycles. The van der Waals surface area contributed by atoms with Crippen molar-refractivity contribution in [2.24, 2.45) is 0 Å². The number of carbonyl (C=O) groups is 1. The monoisotopic (exact) mass is 315 g/mol. The molecule has 2 amide bonds. The van der Waals surface area contributed by atoms with Crippen LogP contribution < -0.4 is 10.2 Å². The van der Waals surface area contributed by atoms with Crippen LogP contribution in [0, 0.1) is 0 Å². The Balaban J connectivity index is 1.46. The van der Waals surface area contributed by atoms with Crippen molar-refractivity contribution in [1.82, 2.24) is 20.2 Å². The van der Waals surface area contributed by atoms with Crippen LogP contribution in [0.15, 0.2) is 41.3 Å². The van der Waals surface area contributed by atoms with Crippen LogP contribution in [-0.4, -0.2) is 47.1 Å². The third kappa shape index (κ3) is 4.00. The SMILES string of the molecule is CN(Cc1ccco1)C(=O)NC1CCN(c2ncccn2)CC1. The van der Waals surface area contributed by atoms with Gasteiger partial charge in [0.1, 0.15) is 5.76 Å². The molecule has 0 saturated carbocycles. The Bertz CT molecular complexity index is 609. The van der Waals surface area contributed by atoms with E-state index in [0.29, 0.717) is 6.54 Å². The Kier molecular flexibility index (Phi) is 4.75. The van der Waals surface area contributed by atoms with Crippen molar-refractivity contribution in [1.29, 1.82) is 0 Å². The van der Waals surface area contributed by atoms with Gasteiger partial charge >= 0.3 is 6.03 Å². The van der Waals surface area contributed by atoms with E-state index >= 15 is 0 Å². The number of amides is 2. The molecule has 0 radical (unpaired) electrons. The first-order valence-corrected chi connectivity index (χ1v) is 7.78. The molecule has 7 heteroatoms. The van der Waals surface area contributed by atoms with Crippen LogP contribution in [-0.2, 0) is 6.54 Å². The molecule has 1 aliphatic heterocycles. The Labute approximate surface area is 135 Å². The zero-order chi connectivity index (χ0) is 16.1. The third-order valence-electron chi connectivity index (χ3n) is 3.98. The predicted molar refractivity (Wildman–Crippen MR) is 86.0 cm³/mol. The van der Waals surface area contributed by atoms with Crippen LogP contribution >= 0.6 is 0 Å². The van der Waals surface area contributed by atoms with Gasteiger partial charge in [-0.2, -0.15) is 0 Å². The number of anilines is 1. The van der Waals surface area contributed by atoms with E-state index in [1.807, 2.05) is 18.2 Å². The summed E-state index contributed by atoms with van der Waals surface area (Å²) in [6.07, 6.45) is 6.89. The van der Waals surface area contributed by atoms with Crippen molar-refractivity contribution in [2.75, 3.05) is 25.0 Å². The average molecular weight is 315 g/mol. The number of hydrogen-bond acceptors (Lipinski definition) is 5. The van der Waals surface area contributed by atoms with E-state index in [9.17, 15) is 4.79 Å². The second kappa shape index (κ2) is 7.13. The molecule has 1 saturated heterocycles. The lowest BCUT2D eigenvalue weighted by Crippen LogP contribution is -2.48. The third-order valence-corrected chi connectivity index (χ3v) is 3.98. The Hall–Kier alpha value is -2.57. The van der Waals surface area contributed by atoms with E-state index in [1.165, 1.54) is 0 Å². The molecule has 7 nitrogen and oxygen atoms in total. The molecule has 0 spiro atoms. The average Bonchev–Trinajstić information content (AvgIpc) is 3.09. The minimum Gasteiger partial charge on any atom is -0.467 e. The molecule has 2 aromatic heterocycles. The minimum absolute atomic E-state index is 0.0733. The maximum absolute atomic E-state index is 12.2. The number of urea groups is 1. The van der Waals surface area contributed by atoms with Crippen LogP contribution in [0.2, 0.25) is 0 Å². The first-order valence-electron chi connectivity index (χ1n) is 7.78. The summed E-state index contributed by atoms with van der Waals surface area (Å²) < 4.78 is 5.27. The zero-order valence-corrected chi connectivity index (χ0v) is 13.2. The summed E-state index contributed by atoms with van der Waals surface area (Å²) in [5.41, 5.74) is 0. The van der Waals surface area contributed by atoms with Crippen LogP contribution in [0.5, 0.6) is 0 Å². The largest absolute Gasteiger partial charge is 0.467 e. The fourth-order valence-electron chi connectivity index (χ4n) is 2.67. The van der Waals surface area contributed by atoms with Crippen molar-refractivity contribution in [3.8, 4) is 0 Å². The van der Waals surface area contributed by atoms with E-state index in [4.69, 9.17) is 4.42 Å². The molecular weight excluding hydrogens is 294 g/mol. The molecule has 1 fully saturated rings. The summed E-state index contributed by atoms with van der Waals surface area (Å²) in [4.78, 5) is 24.5. The second-order valence-electron chi connectivity index (χ2n) is 5.70. The highest BCUT2D eigenvalue weighted by Crippen LogP contribution is 2.15. The van der Waals surface area contributed by atoms with E-state index in [2.05, 4.69) is 20.2 Å². The molecule has 1 N–H and O–H groups in total. The molecule has 122 valence electrons. The van der Waals surface area contributed by atoms with Gasteiger partial charge in [-0.15, -0.1) is 0 Å². The zero-order valence-electron chi connectivity index (χ0n) is 13.2. The highest BCUT2D eigenvalue weighted by molar-refractivity contribution is 5.74. The van der Waals surface area contributed by atoms with Crippen molar-refractivity contribution >= 4 is 12.0 Å². The molecule has 0 unspecified atom stereocenters. The van der Waals surface area contributed by atoms with Gasteiger partial charge in [0, 0.05) is 38.6 Å². The summed E-state index contributed by atoms with van der Waals surface area (Å²) in [5.74, 6) is 1.53. The topological polar surface area (TPSA) is 74.5 Å². The van der Waals surface area contributed by atoms with E-state index in [1.54, 1.807) is 30.6 Å².